The second-order valence-electron chi connectivity index (χ2n) is 9.47. The molecule has 10 nitrogen and oxygen atoms in total. The van der Waals surface area contributed by atoms with E-state index in [2.05, 4.69) is 9.98 Å². The van der Waals surface area contributed by atoms with Crippen molar-refractivity contribution in [2.45, 2.75) is 45.8 Å². The molecule has 2 aromatic rings. The van der Waals surface area contributed by atoms with E-state index >= 15 is 0 Å². The zero-order valence-electron chi connectivity index (χ0n) is 20.4. The predicted molar refractivity (Wildman–Crippen MR) is 125 cm³/mol. The summed E-state index contributed by atoms with van der Waals surface area (Å²) in [5.41, 5.74) is 1.98. The third-order valence-electron chi connectivity index (χ3n) is 5.61. The van der Waals surface area contributed by atoms with Gasteiger partial charge in [-0.05, 0) is 33.8 Å². The van der Waals surface area contributed by atoms with Gasteiger partial charge in [0, 0.05) is 44.4 Å². The normalized spacial score (nSPS) is 18.2. The van der Waals surface area contributed by atoms with Gasteiger partial charge in [-0.2, -0.15) is 0 Å². The molecular formula is C23H32N6O4. The molecule has 2 aliphatic heterocycles. The lowest BCUT2D eigenvalue weighted by molar-refractivity contribution is 0.0273. The zero-order valence-corrected chi connectivity index (χ0v) is 20.4. The molecule has 1 fully saturated rings. The Bertz CT molecular complexity index is 1090. The highest BCUT2D eigenvalue weighted by Gasteiger charge is 2.34. The van der Waals surface area contributed by atoms with Crippen molar-refractivity contribution < 1.29 is 19.0 Å². The second kappa shape index (κ2) is 8.57. The Balaban J connectivity index is 1.55. The van der Waals surface area contributed by atoms with Crippen LogP contribution in [0.25, 0.3) is 11.4 Å². The summed E-state index contributed by atoms with van der Waals surface area (Å²) >= 11 is 0. The van der Waals surface area contributed by atoms with E-state index in [1.165, 1.54) is 0 Å². The first kappa shape index (κ1) is 22.9. The SMILES string of the molecule is COc1ncc(-c2nc3c(n2C)N(C)CN=C3O[C@H]2CCN(C(=O)OC(C)(C)C)C2)cc1C. The van der Waals surface area contributed by atoms with Crippen LogP contribution in [0.5, 0.6) is 5.88 Å². The molecule has 0 unspecified atom stereocenters. The maximum Gasteiger partial charge on any atom is 0.410 e. The number of anilines is 1. The lowest BCUT2D eigenvalue weighted by atomic mass is 10.2. The fraction of sp³-hybridized carbons (Fsp3) is 0.565. The quantitative estimate of drug-likeness (QED) is 0.701. The molecule has 0 N–H and O–H groups in total. The van der Waals surface area contributed by atoms with Gasteiger partial charge in [0.15, 0.2) is 5.69 Å². The van der Waals surface area contributed by atoms with Gasteiger partial charge in [0.2, 0.25) is 11.8 Å². The van der Waals surface area contributed by atoms with Crippen molar-refractivity contribution in [3.05, 3.63) is 23.5 Å². The minimum atomic E-state index is -0.526. The average molecular weight is 457 g/mol. The molecule has 0 aromatic carbocycles. The molecule has 4 rings (SSSR count). The number of pyridine rings is 1. The number of hydrogen-bond donors (Lipinski definition) is 0. The van der Waals surface area contributed by atoms with Gasteiger partial charge in [0.25, 0.3) is 0 Å². The maximum atomic E-state index is 12.4. The summed E-state index contributed by atoms with van der Waals surface area (Å²) in [6.07, 6.45) is 1.99. The van der Waals surface area contributed by atoms with Crippen molar-refractivity contribution in [1.29, 1.82) is 0 Å². The predicted octanol–water partition coefficient (Wildman–Crippen LogP) is 2.98. The molecule has 4 heterocycles. The third kappa shape index (κ3) is 4.60. The number of fused-ring (bicyclic) bond motifs is 1. The number of aryl methyl sites for hydroxylation is 1. The summed E-state index contributed by atoms with van der Waals surface area (Å²) in [7, 11) is 5.55. The van der Waals surface area contributed by atoms with E-state index in [-0.39, 0.29) is 12.2 Å². The summed E-state index contributed by atoms with van der Waals surface area (Å²) in [6, 6.07) is 2.01. The number of likely N-dealkylation sites (tertiary alicyclic amines) is 1. The van der Waals surface area contributed by atoms with Crippen molar-refractivity contribution in [1.82, 2.24) is 19.4 Å². The van der Waals surface area contributed by atoms with E-state index in [1.807, 2.05) is 57.3 Å². The molecule has 0 spiro atoms. The molecule has 1 saturated heterocycles. The van der Waals surface area contributed by atoms with Crippen LogP contribution in [0, 0.1) is 6.92 Å². The summed E-state index contributed by atoms with van der Waals surface area (Å²) in [5.74, 6) is 2.78. The summed E-state index contributed by atoms with van der Waals surface area (Å²) in [4.78, 5) is 30.0. The van der Waals surface area contributed by atoms with Crippen LogP contribution in [0.4, 0.5) is 10.6 Å². The number of imidazole rings is 1. The van der Waals surface area contributed by atoms with Gasteiger partial charge in [-0.3, -0.25) is 0 Å². The zero-order chi connectivity index (χ0) is 23.9. The van der Waals surface area contributed by atoms with Gasteiger partial charge < -0.3 is 28.6 Å². The van der Waals surface area contributed by atoms with Gasteiger partial charge in [-0.15, -0.1) is 0 Å². The fourth-order valence-corrected chi connectivity index (χ4v) is 4.11. The summed E-state index contributed by atoms with van der Waals surface area (Å²) in [6.45, 7) is 9.05. The van der Waals surface area contributed by atoms with Crippen LogP contribution in [0.3, 0.4) is 0 Å². The van der Waals surface area contributed by atoms with Gasteiger partial charge >= 0.3 is 6.09 Å². The number of nitrogens with zero attached hydrogens (tertiary/aromatic N) is 6. The molecule has 178 valence electrons. The molecule has 0 radical (unpaired) electrons. The van der Waals surface area contributed by atoms with Gasteiger partial charge in [0.1, 0.15) is 30.0 Å². The third-order valence-corrected chi connectivity index (χ3v) is 5.61. The number of aliphatic imine (C=N–C) groups is 1. The minimum absolute atomic E-state index is 0.164. The average Bonchev–Trinajstić information content (AvgIpc) is 3.34. The minimum Gasteiger partial charge on any atom is -0.481 e. The monoisotopic (exact) mass is 456 g/mol. The second-order valence-corrected chi connectivity index (χ2v) is 9.47. The molecule has 0 bridgehead atoms. The lowest BCUT2D eigenvalue weighted by Crippen LogP contribution is -2.36. The van der Waals surface area contributed by atoms with Crippen LogP contribution < -0.4 is 9.64 Å². The Hall–Kier alpha value is -3.30. The molecule has 0 aliphatic carbocycles. The lowest BCUT2D eigenvalue weighted by Gasteiger charge is -2.26. The van der Waals surface area contributed by atoms with E-state index in [0.717, 1.165) is 22.8 Å². The van der Waals surface area contributed by atoms with E-state index in [4.69, 9.17) is 19.2 Å². The van der Waals surface area contributed by atoms with E-state index in [1.54, 1.807) is 18.2 Å². The van der Waals surface area contributed by atoms with Gasteiger partial charge in [-0.25, -0.2) is 19.8 Å². The van der Waals surface area contributed by atoms with Gasteiger partial charge in [0.05, 0.1) is 13.7 Å². The Kier molecular flexibility index (Phi) is 5.94. The van der Waals surface area contributed by atoms with Crippen molar-refractivity contribution in [3.63, 3.8) is 0 Å². The van der Waals surface area contributed by atoms with Gasteiger partial charge in [-0.1, -0.05) is 0 Å². The highest BCUT2D eigenvalue weighted by molar-refractivity contribution is 5.99. The molecule has 1 atom stereocenters. The maximum absolute atomic E-state index is 12.4. The number of rotatable bonds is 3. The van der Waals surface area contributed by atoms with Crippen LogP contribution in [0.2, 0.25) is 0 Å². The largest absolute Gasteiger partial charge is 0.481 e. The smallest absolute Gasteiger partial charge is 0.410 e. The number of carbonyl (C=O) groups excluding carboxylic acids is 1. The van der Waals surface area contributed by atoms with E-state index in [9.17, 15) is 4.79 Å². The standard InChI is InChI=1S/C23H32N6O4/c1-14-10-15(11-24-19(14)31-7)18-26-17-20(25-13-27(5)21(17)28(18)6)32-16-8-9-29(12-16)22(30)33-23(2,3)4/h10-11,16H,8-9,12-13H2,1-7H3/t16-/m0/s1. The van der Waals surface area contributed by atoms with Crippen LogP contribution in [0.1, 0.15) is 38.4 Å². The van der Waals surface area contributed by atoms with Crippen LogP contribution >= 0.6 is 0 Å². The summed E-state index contributed by atoms with van der Waals surface area (Å²) < 4.78 is 19.1. The number of hydrogen-bond acceptors (Lipinski definition) is 8. The van der Waals surface area contributed by atoms with E-state index < -0.39 is 5.60 Å². The van der Waals surface area contributed by atoms with Crippen molar-refractivity contribution >= 4 is 17.8 Å². The Morgan fingerprint density at radius 3 is 2.67 bits per heavy atom. The van der Waals surface area contributed by atoms with Crippen LogP contribution in [-0.4, -0.2) is 77.0 Å². The summed E-state index contributed by atoms with van der Waals surface area (Å²) in [5, 5.41) is 0. The first-order valence-corrected chi connectivity index (χ1v) is 11.1. The highest BCUT2D eigenvalue weighted by atomic mass is 16.6. The molecule has 1 amide bonds. The van der Waals surface area contributed by atoms with Crippen molar-refractivity contribution in [2.24, 2.45) is 12.0 Å². The molecule has 2 aliphatic rings. The van der Waals surface area contributed by atoms with Crippen molar-refractivity contribution in [2.75, 3.05) is 38.8 Å². The Labute approximate surface area is 194 Å². The fourth-order valence-electron chi connectivity index (χ4n) is 4.11. The molecule has 10 heteroatoms. The first-order chi connectivity index (χ1) is 15.6. The van der Waals surface area contributed by atoms with Crippen molar-refractivity contribution in [3.8, 4) is 17.3 Å². The molecular weight excluding hydrogens is 424 g/mol. The highest BCUT2D eigenvalue weighted by Crippen LogP contribution is 2.32. The molecule has 2 aromatic heterocycles. The topological polar surface area (TPSA) is 94.3 Å². The first-order valence-electron chi connectivity index (χ1n) is 11.1. The number of methoxy groups -OCH3 is 1. The van der Waals surface area contributed by atoms with E-state index in [0.29, 0.717) is 43.7 Å². The number of aromatic nitrogens is 3. The number of ether oxygens (including phenoxy) is 3. The molecule has 0 saturated carbocycles. The number of carbonyl (C=O) groups is 1. The number of amides is 1. The van der Waals surface area contributed by atoms with Crippen LogP contribution in [0.15, 0.2) is 17.3 Å². The van der Waals surface area contributed by atoms with Crippen LogP contribution in [-0.2, 0) is 16.5 Å². The Morgan fingerprint density at radius 1 is 1.24 bits per heavy atom. The Morgan fingerprint density at radius 2 is 2.00 bits per heavy atom. The molecule has 33 heavy (non-hydrogen) atoms.